The Morgan fingerprint density at radius 3 is 2.18 bits per heavy atom. The molecule has 0 saturated heterocycles. The molecule has 0 radical (unpaired) electrons. The van der Waals surface area contributed by atoms with Gasteiger partial charge in [0, 0.05) is 17.7 Å². The lowest BCUT2D eigenvalue weighted by molar-refractivity contribution is 0.312. The molecule has 3 unspecified atom stereocenters. The van der Waals surface area contributed by atoms with Crippen LogP contribution in [0.5, 0.6) is 0 Å². The number of nitrogens with one attached hydrogen (secondary N) is 1. The van der Waals surface area contributed by atoms with E-state index in [1.807, 2.05) is 0 Å². The van der Waals surface area contributed by atoms with Crippen LogP contribution in [-0.2, 0) is 0 Å². The Kier molecular flexibility index (Phi) is 8.21. The summed E-state index contributed by atoms with van der Waals surface area (Å²) in [7, 11) is 0. The fourth-order valence-electron chi connectivity index (χ4n) is 9.12. The van der Waals surface area contributed by atoms with Crippen molar-refractivity contribution in [2.75, 3.05) is 0 Å². The van der Waals surface area contributed by atoms with Crippen LogP contribution >= 0.6 is 0 Å². The maximum Gasteiger partial charge on any atom is 0.0330 e. The predicted molar refractivity (Wildman–Crippen MR) is 214 cm³/mol. The molecule has 1 heterocycles. The molecule has 9 rings (SSSR count). The number of rotatable bonds is 6. The fraction of sp³-hybridized carbons (Fsp3) is 0.224. The van der Waals surface area contributed by atoms with Crippen molar-refractivity contribution in [3.05, 3.63) is 174 Å². The highest BCUT2D eigenvalue weighted by molar-refractivity contribution is 6.20. The first-order valence-corrected chi connectivity index (χ1v) is 18.7. The van der Waals surface area contributed by atoms with Gasteiger partial charge in [-0.25, -0.2) is 0 Å². The summed E-state index contributed by atoms with van der Waals surface area (Å²) in [5, 5.41) is 9.27. The van der Waals surface area contributed by atoms with Gasteiger partial charge in [0.1, 0.15) is 0 Å². The summed E-state index contributed by atoms with van der Waals surface area (Å²) < 4.78 is 0. The van der Waals surface area contributed by atoms with Crippen LogP contribution in [0.25, 0.3) is 49.4 Å². The second kappa shape index (κ2) is 13.3. The summed E-state index contributed by atoms with van der Waals surface area (Å²) in [5.41, 5.74) is 12.3. The lowest BCUT2D eigenvalue weighted by atomic mass is 9.71. The lowest BCUT2D eigenvalue weighted by Crippen LogP contribution is -2.43. The molecule has 4 aliphatic rings. The number of hydrogen-bond donors (Lipinski definition) is 1. The average molecular weight is 648 g/mol. The van der Waals surface area contributed by atoms with Crippen molar-refractivity contribution < 1.29 is 0 Å². The molecule has 1 N–H and O–H groups in total. The van der Waals surface area contributed by atoms with E-state index in [4.69, 9.17) is 0 Å². The van der Waals surface area contributed by atoms with E-state index in [2.05, 4.69) is 164 Å². The standard InChI is InChI=1S/C49H45N/c1-33(44-32-47(36-15-5-2-6-16-36)50-46-24-14-13-21-40(44)46)34-25-27-35(28-26-34)39-29-30-43-45(31-39)49(38-19-9-4-10-20-38)42-23-12-11-22-41(42)48(43)37-17-7-3-8-18-37/h2-3,5-9,11-13,15,17-23,25-31,33,36,44,47,50H,4,10,14,16,24,32H2,1H3/t33?,36?,44-,47?/m1/s1. The number of hydrogen-bond acceptors (Lipinski definition) is 1. The van der Waals surface area contributed by atoms with Crippen LogP contribution in [-0.4, -0.2) is 6.04 Å². The monoisotopic (exact) mass is 647 g/mol. The molecule has 0 aromatic heterocycles. The quantitative estimate of drug-likeness (QED) is 0.181. The van der Waals surface area contributed by atoms with Crippen molar-refractivity contribution in [3.8, 4) is 22.3 Å². The molecule has 1 aliphatic heterocycles. The summed E-state index contributed by atoms with van der Waals surface area (Å²) in [6.07, 6.45) is 27.9. The average Bonchev–Trinajstić information content (AvgIpc) is 3.20. The van der Waals surface area contributed by atoms with E-state index in [1.54, 1.807) is 0 Å². The maximum atomic E-state index is 4.00. The van der Waals surface area contributed by atoms with Crippen molar-refractivity contribution in [2.45, 2.75) is 57.4 Å². The van der Waals surface area contributed by atoms with E-state index in [9.17, 15) is 0 Å². The molecule has 4 atom stereocenters. The molecule has 50 heavy (non-hydrogen) atoms. The van der Waals surface area contributed by atoms with Gasteiger partial charge in [-0.2, -0.15) is 0 Å². The Balaban J connectivity index is 1.11. The molecule has 1 nitrogen and oxygen atoms in total. The summed E-state index contributed by atoms with van der Waals surface area (Å²) in [4.78, 5) is 0. The van der Waals surface area contributed by atoms with E-state index in [0.717, 1.165) is 32.1 Å². The molecule has 0 saturated carbocycles. The van der Waals surface area contributed by atoms with Gasteiger partial charge in [-0.3, -0.25) is 0 Å². The van der Waals surface area contributed by atoms with Crippen LogP contribution in [0.4, 0.5) is 0 Å². The SMILES string of the molecule is CC(c1ccc(-c2ccc3c(-c4ccccc4)c4ccccc4c(C4=CCCC=C4)c3c2)cc1)[C@H]1CC(C2C=CC=CC2)NC2=C1C=CCC2. The molecular weight excluding hydrogens is 603 g/mol. The first-order chi connectivity index (χ1) is 24.7. The molecule has 0 fully saturated rings. The van der Waals surface area contributed by atoms with Gasteiger partial charge in [-0.05, 0) is 122 Å². The summed E-state index contributed by atoms with van der Waals surface area (Å²) in [6, 6.07) is 37.1. The largest absolute Gasteiger partial charge is 0.385 e. The summed E-state index contributed by atoms with van der Waals surface area (Å²) >= 11 is 0. The summed E-state index contributed by atoms with van der Waals surface area (Å²) in [5.74, 6) is 1.52. The van der Waals surface area contributed by atoms with Crippen molar-refractivity contribution in [2.24, 2.45) is 11.8 Å². The number of allylic oxidation sites excluding steroid dienone is 11. The first kappa shape index (κ1) is 30.9. The molecule has 5 aromatic carbocycles. The van der Waals surface area contributed by atoms with Gasteiger partial charge in [0.05, 0.1) is 0 Å². The van der Waals surface area contributed by atoms with Crippen LogP contribution in [0.1, 0.15) is 62.5 Å². The highest BCUT2D eigenvalue weighted by Crippen LogP contribution is 2.45. The smallest absolute Gasteiger partial charge is 0.0330 e. The van der Waals surface area contributed by atoms with Crippen LogP contribution in [0.15, 0.2) is 163 Å². The topological polar surface area (TPSA) is 12.0 Å². The Hall–Kier alpha value is -5.14. The van der Waals surface area contributed by atoms with Gasteiger partial charge in [0.25, 0.3) is 0 Å². The second-order valence-electron chi connectivity index (χ2n) is 14.7. The molecule has 0 spiro atoms. The Bertz CT molecular complexity index is 2260. The van der Waals surface area contributed by atoms with Gasteiger partial charge in [0.2, 0.25) is 0 Å². The van der Waals surface area contributed by atoms with Crippen molar-refractivity contribution >= 4 is 27.1 Å². The third-order valence-electron chi connectivity index (χ3n) is 11.7. The Labute approximate surface area is 297 Å². The minimum Gasteiger partial charge on any atom is -0.385 e. The molecular formula is C49H45N. The highest BCUT2D eigenvalue weighted by Gasteiger charge is 2.35. The van der Waals surface area contributed by atoms with E-state index >= 15 is 0 Å². The zero-order valence-electron chi connectivity index (χ0n) is 29.0. The van der Waals surface area contributed by atoms with Crippen LogP contribution < -0.4 is 5.32 Å². The molecule has 5 aromatic rings. The van der Waals surface area contributed by atoms with E-state index < -0.39 is 0 Å². The highest BCUT2D eigenvalue weighted by atomic mass is 15.0. The van der Waals surface area contributed by atoms with E-state index in [-0.39, 0.29) is 0 Å². The Morgan fingerprint density at radius 1 is 0.640 bits per heavy atom. The van der Waals surface area contributed by atoms with Crippen LogP contribution in [0, 0.1) is 11.8 Å². The van der Waals surface area contributed by atoms with Gasteiger partial charge in [-0.15, -0.1) is 0 Å². The molecule has 3 aliphatic carbocycles. The van der Waals surface area contributed by atoms with E-state index in [0.29, 0.717) is 23.8 Å². The van der Waals surface area contributed by atoms with Gasteiger partial charge in [-0.1, -0.05) is 153 Å². The normalized spacial score (nSPS) is 22.0. The minimum absolute atomic E-state index is 0.442. The maximum absolute atomic E-state index is 4.00. The molecule has 0 bridgehead atoms. The number of benzene rings is 5. The van der Waals surface area contributed by atoms with Crippen molar-refractivity contribution in [1.29, 1.82) is 0 Å². The fourth-order valence-corrected chi connectivity index (χ4v) is 9.12. The second-order valence-corrected chi connectivity index (χ2v) is 14.7. The summed E-state index contributed by atoms with van der Waals surface area (Å²) in [6.45, 7) is 2.45. The number of fused-ring (bicyclic) bond motifs is 2. The minimum atomic E-state index is 0.442. The van der Waals surface area contributed by atoms with Crippen LogP contribution in [0.2, 0.25) is 0 Å². The van der Waals surface area contributed by atoms with Crippen molar-refractivity contribution in [3.63, 3.8) is 0 Å². The molecule has 1 heteroatoms. The Morgan fingerprint density at radius 2 is 1.40 bits per heavy atom. The lowest BCUT2D eigenvalue weighted by Gasteiger charge is -2.41. The first-order valence-electron chi connectivity index (χ1n) is 18.7. The van der Waals surface area contributed by atoms with Crippen molar-refractivity contribution in [1.82, 2.24) is 5.32 Å². The zero-order chi connectivity index (χ0) is 33.4. The third-order valence-corrected chi connectivity index (χ3v) is 11.7. The predicted octanol–water partition coefficient (Wildman–Crippen LogP) is 12.9. The molecule has 246 valence electrons. The third kappa shape index (κ3) is 5.59. The van der Waals surface area contributed by atoms with Crippen LogP contribution in [0.3, 0.4) is 0 Å². The van der Waals surface area contributed by atoms with E-state index in [1.165, 1.54) is 78.2 Å². The zero-order valence-corrected chi connectivity index (χ0v) is 29.0. The van der Waals surface area contributed by atoms with Gasteiger partial charge in [0.15, 0.2) is 0 Å². The molecule has 0 amide bonds. The van der Waals surface area contributed by atoms with Gasteiger partial charge < -0.3 is 5.32 Å². The van der Waals surface area contributed by atoms with Gasteiger partial charge >= 0.3 is 0 Å².